The van der Waals surface area contributed by atoms with Crippen LogP contribution in [0.25, 0.3) is 0 Å². The molecule has 1 aromatic rings. The van der Waals surface area contributed by atoms with Crippen molar-refractivity contribution in [3.05, 3.63) is 22.9 Å². The molecule has 1 amide bonds. The minimum atomic E-state index is -0.164. The fraction of sp³-hybridized carbons (Fsp3) is 0.250. The number of aromatic nitrogens is 1. The monoisotopic (exact) mass is 244 g/mol. The summed E-state index contributed by atoms with van der Waals surface area (Å²) in [4.78, 5) is 14.7. The highest BCUT2D eigenvalue weighted by atomic mass is 79.9. The van der Waals surface area contributed by atoms with E-state index in [2.05, 4.69) is 26.2 Å². The summed E-state index contributed by atoms with van der Waals surface area (Å²) in [7, 11) is 1.56. The van der Waals surface area contributed by atoms with E-state index in [1.807, 2.05) is 0 Å². The van der Waals surface area contributed by atoms with Gasteiger partial charge in [0.2, 0.25) is 0 Å². The molecule has 4 nitrogen and oxygen atoms in total. The predicted molar refractivity (Wildman–Crippen MR) is 51.5 cm³/mol. The zero-order valence-electron chi connectivity index (χ0n) is 7.08. The van der Waals surface area contributed by atoms with Gasteiger partial charge in [-0.25, -0.2) is 4.98 Å². The zero-order chi connectivity index (χ0) is 9.68. The van der Waals surface area contributed by atoms with Crippen LogP contribution in [0.4, 0.5) is 0 Å². The SMILES string of the molecule is CNC(=O)COc1ccc(Br)nc1. The van der Waals surface area contributed by atoms with Gasteiger partial charge in [-0.05, 0) is 28.1 Å². The van der Waals surface area contributed by atoms with Gasteiger partial charge in [0.15, 0.2) is 6.61 Å². The molecule has 13 heavy (non-hydrogen) atoms. The van der Waals surface area contributed by atoms with Crippen LogP contribution in [-0.4, -0.2) is 24.5 Å². The van der Waals surface area contributed by atoms with Crippen molar-refractivity contribution < 1.29 is 9.53 Å². The number of nitrogens with zero attached hydrogens (tertiary/aromatic N) is 1. The smallest absolute Gasteiger partial charge is 0.257 e. The Hall–Kier alpha value is -1.10. The molecule has 70 valence electrons. The molecule has 0 saturated carbocycles. The normalized spacial score (nSPS) is 9.38. The average molecular weight is 245 g/mol. The Morgan fingerprint density at radius 2 is 2.46 bits per heavy atom. The zero-order valence-corrected chi connectivity index (χ0v) is 8.67. The fourth-order valence-corrected chi connectivity index (χ4v) is 0.903. The Labute approximate surface area is 84.4 Å². The lowest BCUT2D eigenvalue weighted by Crippen LogP contribution is -2.24. The first kappa shape index (κ1) is 9.98. The second-order valence-corrected chi connectivity index (χ2v) is 3.09. The molecule has 1 heterocycles. The van der Waals surface area contributed by atoms with Crippen LogP contribution in [0, 0.1) is 0 Å². The summed E-state index contributed by atoms with van der Waals surface area (Å²) in [6.45, 7) is 0.0137. The summed E-state index contributed by atoms with van der Waals surface area (Å²) < 4.78 is 5.85. The van der Waals surface area contributed by atoms with E-state index in [0.717, 1.165) is 4.60 Å². The second kappa shape index (κ2) is 4.81. The van der Waals surface area contributed by atoms with Gasteiger partial charge in [0.05, 0.1) is 6.20 Å². The summed E-state index contributed by atoms with van der Waals surface area (Å²) in [5.74, 6) is 0.412. The van der Waals surface area contributed by atoms with Crippen molar-refractivity contribution >= 4 is 21.8 Å². The molecule has 0 aromatic carbocycles. The molecule has 5 heteroatoms. The van der Waals surface area contributed by atoms with Gasteiger partial charge in [0, 0.05) is 7.05 Å². The molecule has 0 aliphatic rings. The number of hydrogen-bond acceptors (Lipinski definition) is 3. The van der Waals surface area contributed by atoms with E-state index >= 15 is 0 Å². The van der Waals surface area contributed by atoms with E-state index < -0.39 is 0 Å². The minimum absolute atomic E-state index is 0.0137. The van der Waals surface area contributed by atoms with E-state index in [4.69, 9.17) is 4.74 Å². The van der Waals surface area contributed by atoms with Gasteiger partial charge in [-0.1, -0.05) is 0 Å². The molecule has 0 atom stereocenters. The highest BCUT2D eigenvalue weighted by Gasteiger charge is 1.99. The summed E-state index contributed by atoms with van der Waals surface area (Å²) in [5.41, 5.74) is 0. The predicted octanol–water partition coefficient (Wildman–Crippen LogP) is 0.969. The molecule has 0 fully saturated rings. The van der Waals surface area contributed by atoms with Crippen molar-refractivity contribution in [3.8, 4) is 5.75 Å². The lowest BCUT2D eigenvalue weighted by molar-refractivity contribution is -0.122. The first-order valence-electron chi connectivity index (χ1n) is 3.67. The molecule has 0 spiro atoms. The highest BCUT2D eigenvalue weighted by molar-refractivity contribution is 9.10. The van der Waals surface area contributed by atoms with Crippen molar-refractivity contribution in [1.29, 1.82) is 0 Å². The van der Waals surface area contributed by atoms with Gasteiger partial charge in [0.25, 0.3) is 5.91 Å². The number of amides is 1. The maximum Gasteiger partial charge on any atom is 0.257 e. The first-order valence-corrected chi connectivity index (χ1v) is 4.46. The third-order valence-electron chi connectivity index (χ3n) is 1.35. The van der Waals surface area contributed by atoms with Crippen molar-refractivity contribution in [2.24, 2.45) is 0 Å². The standard InChI is InChI=1S/C8H9BrN2O2/c1-10-8(12)5-13-6-2-3-7(9)11-4-6/h2-4H,5H2,1H3,(H,10,12). The van der Waals surface area contributed by atoms with Crippen LogP contribution in [-0.2, 0) is 4.79 Å². The minimum Gasteiger partial charge on any atom is -0.482 e. The molecule has 1 rings (SSSR count). The van der Waals surface area contributed by atoms with Crippen LogP contribution in [0.2, 0.25) is 0 Å². The Morgan fingerprint density at radius 3 is 3.00 bits per heavy atom. The number of likely N-dealkylation sites (N-methyl/N-ethyl adjacent to an activating group) is 1. The van der Waals surface area contributed by atoms with Crippen LogP contribution < -0.4 is 10.1 Å². The van der Waals surface area contributed by atoms with Crippen LogP contribution in [0.15, 0.2) is 22.9 Å². The Morgan fingerprint density at radius 1 is 1.69 bits per heavy atom. The van der Waals surface area contributed by atoms with E-state index in [1.54, 1.807) is 25.4 Å². The van der Waals surface area contributed by atoms with Crippen molar-refractivity contribution in [2.75, 3.05) is 13.7 Å². The summed E-state index contributed by atoms with van der Waals surface area (Å²) in [6.07, 6.45) is 1.55. The third kappa shape index (κ3) is 3.42. The van der Waals surface area contributed by atoms with Crippen LogP contribution >= 0.6 is 15.9 Å². The number of carbonyl (C=O) groups is 1. The molecule has 1 N–H and O–H groups in total. The number of hydrogen-bond donors (Lipinski definition) is 1. The topological polar surface area (TPSA) is 51.2 Å². The van der Waals surface area contributed by atoms with Gasteiger partial charge in [-0.2, -0.15) is 0 Å². The van der Waals surface area contributed by atoms with Crippen molar-refractivity contribution in [1.82, 2.24) is 10.3 Å². The van der Waals surface area contributed by atoms with E-state index in [1.165, 1.54) is 0 Å². The second-order valence-electron chi connectivity index (χ2n) is 2.28. The molecular weight excluding hydrogens is 236 g/mol. The maximum atomic E-state index is 10.8. The highest BCUT2D eigenvalue weighted by Crippen LogP contribution is 2.12. The van der Waals surface area contributed by atoms with Crippen LogP contribution in [0.1, 0.15) is 0 Å². The maximum absolute atomic E-state index is 10.8. The fourth-order valence-electron chi connectivity index (χ4n) is 0.669. The number of carbonyl (C=O) groups excluding carboxylic acids is 1. The van der Waals surface area contributed by atoms with Gasteiger partial charge in [-0.15, -0.1) is 0 Å². The molecule has 0 bridgehead atoms. The molecule has 0 radical (unpaired) electrons. The Bertz CT molecular complexity index is 287. The van der Waals surface area contributed by atoms with Crippen LogP contribution in [0.3, 0.4) is 0 Å². The Balaban J connectivity index is 2.46. The van der Waals surface area contributed by atoms with Crippen molar-refractivity contribution in [2.45, 2.75) is 0 Å². The largest absolute Gasteiger partial charge is 0.482 e. The summed E-state index contributed by atoms with van der Waals surface area (Å²) in [5, 5.41) is 2.45. The average Bonchev–Trinajstić information content (AvgIpc) is 2.16. The van der Waals surface area contributed by atoms with Crippen LogP contribution in [0.5, 0.6) is 5.75 Å². The molecule has 0 aliphatic carbocycles. The number of halogens is 1. The number of pyridine rings is 1. The lowest BCUT2D eigenvalue weighted by Gasteiger charge is -2.03. The molecule has 1 aromatic heterocycles. The third-order valence-corrected chi connectivity index (χ3v) is 1.82. The van der Waals surface area contributed by atoms with E-state index in [-0.39, 0.29) is 12.5 Å². The Kier molecular flexibility index (Phi) is 3.70. The van der Waals surface area contributed by atoms with Crippen molar-refractivity contribution in [3.63, 3.8) is 0 Å². The molecule has 0 saturated heterocycles. The van der Waals surface area contributed by atoms with Gasteiger partial charge < -0.3 is 10.1 Å². The quantitative estimate of drug-likeness (QED) is 0.807. The number of ether oxygens (including phenoxy) is 1. The van der Waals surface area contributed by atoms with Gasteiger partial charge in [0.1, 0.15) is 10.4 Å². The van der Waals surface area contributed by atoms with Gasteiger partial charge in [-0.3, -0.25) is 4.79 Å². The van der Waals surface area contributed by atoms with Gasteiger partial charge >= 0.3 is 0 Å². The first-order chi connectivity index (χ1) is 6.22. The molecule has 0 aliphatic heterocycles. The number of nitrogens with one attached hydrogen (secondary N) is 1. The molecule has 0 unspecified atom stereocenters. The summed E-state index contributed by atoms with van der Waals surface area (Å²) in [6, 6.07) is 3.49. The molecular formula is C8H9BrN2O2. The lowest BCUT2D eigenvalue weighted by atomic mass is 10.5. The summed E-state index contributed by atoms with van der Waals surface area (Å²) >= 11 is 3.19. The van der Waals surface area contributed by atoms with E-state index in [0.29, 0.717) is 5.75 Å². The van der Waals surface area contributed by atoms with E-state index in [9.17, 15) is 4.79 Å². The number of rotatable bonds is 3.